The molecule has 4 nitrogen and oxygen atoms in total. The number of hydrogen-bond donors (Lipinski definition) is 1. The van der Waals surface area contributed by atoms with Crippen molar-refractivity contribution in [1.82, 2.24) is 9.78 Å². The molecule has 18 heavy (non-hydrogen) atoms. The molecule has 2 aromatic rings. The van der Waals surface area contributed by atoms with Crippen LogP contribution in [0.5, 0.6) is 0 Å². The molecule has 2 rings (SSSR count). The number of amides is 1. The van der Waals surface area contributed by atoms with Crippen LogP contribution in [-0.2, 0) is 0 Å². The molecule has 0 spiro atoms. The first-order chi connectivity index (χ1) is 8.56. The quantitative estimate of drug-likeness (QED) is 0.943. The van der Waals surface area contributed by atoms with Gasteiger partial charge in [0, 0.05) is 22.3 Å². The molecule has 0 aliphatic rings. The molecule has 1 aromatic carbocycles. The molecule has 1 N–H and O–H groups in total. The lowest BCUT2D eigenvalue weighted by Gasteiger charge is -2.04. The molecule has 0 fully saturated rings. The zero-order valence-electron chi connectivity index (χ0n) is 10.2. The highest BCUT2D eigenvalue weighted by molar-refractivity contribution is 9.10. The van der Waals surface area contributed by atoms with Crippen molar-refractivity contribution in [2.75, 3.05) is 5.32 Å². The third-order valence-electron chi connectivity index (χ3n) is 2.48. The monoisotopic (exact) mass is 307 g/mol. The number of anilines is 1. The third-order valence-corrected chi connectivity index (χ3v) is 2.97. The summed E-state index contributed by atoms with van der Waals surface area (Å²) < 4.78 is 2.68. The van der Waals surface area contributed by atoms with Gasteiger partial charge in [-0.25, -0.2) is 0 Å². The normalized spacial score (nSPS) is 10.7. The van der Waals surface area contributed by atoms with E-state index in [4.69, 9.17) is 0 Å². The smallest absolute Gasteiger partial charge is 0.255 e. The molecule has 0 unspecified atom stereocenters. The molecule has 0 atom stereocenters. The SMILES string of the molecule is CC(C)n1cc(NC(=O)c2cccc(Br)c2)cn1. The first-order valence-electron chi connectivity index (χ1n) is 5.67. The van der Waals surface area contributed by atoms with E-state index in [2.05, 4.69) is 26.3 Å². The van der Waals surface area contributed by atoms with Crippen molar-refractivity contribution in [1.29, 1.82) is 0 Å². The molecule has 0 aliphatic carbocycles. The second-order valence-electron chi connectivity index (χ2n) is 4.27. The maximum Gasteiger partial charge on any atom is 0.255 e. The second-order valence-corrected chi connectivity index (χ2v) is 5.18. The minimum atomic E-state index is -0.139. The van der Waals surface area contributed by atoms with Gasteiger partial charge in [-0.1, -0.05) is 22.0 Å². The Hall–Kier alpha value is -1.62. The molecule has 1 aromatic heterocycles. The summed E-state index contributed by atoms with van der Waals surface area (Å²) >= 11 is 3.34. The predicted molar refractivity (Wildman–Crippen MR) is 74.7 cm³/mol. The fourth-order valence-corrected chi connectivity index (χ4v) is 1.92. The van der Waals surface area contributed by atoms with E-state index in [0.29, 0.717) is 11.3 Å². The Labute approximate surface area is 114 Å². The van der Waals surface area contributed by atoms with E-state index in [1.807, 2.05) is 32.2 Å². The van der Waals surface area contributed by atoms with Gasteiger partial charge >= 0.3 is 0 Å². The average Bonchev–Trinajstić information content (AvgIpc) is 2.77. The van der Waals surface area contributed by atoms with Crippen molar-refractivity contribution in [2.45, 2.75) is 19.9 Å². The number of carbonyl (C=O) groups excluding carboxylic acids is 1. The fraction of sp³-hybridized carbons (Fsp3) is 0.231. The van der Waals surface area contributed by atoms with Crippen molar-refractivity contribution in [2.24, 2.45) is 0 Å². The van der Waals surface area contributed by atoms with Crippen LogP contribution in [0.25, 0.3) is 0 Å². The molecule has 0 radical (unpaired) electrons. The topological polar surface area (TPSA) is 46.9 Å². The molecule has 5 heteroatoms. The third kappa shape index (κ3) is 2.98. The Morgan fingerprint density at radius 1 is 1.44 bits per heavy atom. The van der Waals surface area contributed by atoms with E-state index in [0.717, 1.165) is 4.47 Å². The number of benzene rings is 1. The summed E-state index contributed by atoms with van der Waals surface area (Å²) in [6, 6.07) is 7.54. The highest BCUT2D eigenvalue weighted by Gasteiger charge is 2.08. The molecular formula is C13H14BrN3O. The van der Waals surface area contributed by atoms with Crippen molar-refractivity contribution < 1.29 is 4.79 Å². The number of hydrogen-bond acceptors (Lipinski definition) is 2. The van der Waals surface area contributed by atoms with Gasteiger partial charge in [-0.05, 0) is 32.0 Å². The van der Waals surface area contributed by atoms with Crippen molar-refractivity contribution in [3.05, 3.63) is 46.7 Å². The van der Waals surface area contributed by atoms with Gasteiger partial charge in [0.15, 0.2) is 0 Å². The molecular weight excluding hydrogens is 294 g/mol. The van der Waals surface area contributed by atoms with Gasteiger partial charge in [-0.2, -0.15) is 5.10 Å². The van der Waals surface area contributed by atoms with Gasteiger partial charge in [0.2, 0.25) is 0 Å². The summed E-state index contributed by atoms with van der Waals surface area (Å²) in [5, 5.41) is 6.99. The largest absolute Gasteiger partial charge is 0.319 e. The van der Waals surface area contributed by atoms with Crippen molar-refractivity contribution >= 4 is 27.5 Å². The fourth-order valence-electron chi connectivity index (χ4n) is 1.52. The maximum atomic E-state index is 12.0. The van der Waals surface area contributed by atoms with Crippen LogP contribution in [0.15, 0.2) is 41.1 Å². The van der Waals surface area contributed by atoms with Crippen LogP contribution in [0.2, 0.25) is 0 Å². The number of nitrogens with one attached hydrogen (secondary N) is 1. The van der Waals surface area contributed by atoms with E-state index in [1.54, 1.807) is 23.0 Å². The highest BCUT2D eigenvalue weighted by atomic mass is 79.9. The van der Waals surface area contributed by atoms with Gasteiger partial charge in [0.05, 0.1) is 11.9 Å². The Balaban J connectivity index is 2.11. The van der Waals surface area contributed by atoms with Crippen LogP contribution in [0.3, 0.4) is 0 Å². The second kappa shape index (κ2) is 5.35. The molecule has 0 bridgehead atoms. The highest BCUT2D eigenvalue weighted by Crippen LogP contribution is 2.14. The minimum Gasteiger partial charge on any atom is -0.319 e. The van der Waals surface area contributed by atoms with Crippen LogP contribution in [0.4, 0.5) is 5.69 Å². The lowest BCUT2D eigenvalue weighted by Crippen LogP contribution is -2.11. The summed E-state index contributed by atoms with van der Waals surface area (Å²) in [4.78, 5) is 12.0. The summed E-state index contributed by atoms with van der Waals surface area (Å²) in [6.07, 6.45) is 3.47. The summed E-state index contributed by atoms with van der Waals surface area (Å²) in [5.74, 6) is -0.139. The van der Waals surface area contributed by atoms with Crippen LogP contribution in [0, 0.1) is 0 Å². The number of rotatable bonds is 3. The van der Waals surface area contributed by atoms with E-state index in [-0.39, 0.29) is 11.9 Å². The summed E-state index contributed by atoms with van der Waals surface area (Å²) in [7, 11) is 0. The van der Waals surface area contributed by atoms with Crippen LogP contribution >= 0.6 is 15.9 Å². The van der Waals surface area contributed by atoms with E-state index >= 15 is 0 Å². The minimum absolute atomic E-state index is 0.139. The van der Waals surface area contributed by atoms with E-state index in [1.165, 1.54) is 0 Å². The summed E-state index contributed by atoms with van der Waals surface area (Å²) in [5.41, 5.74) is 1.32. The van der Waals surface area contributed by atoms with Gasteiger partial charge in [0.1, 0.15) is 0 Å². The van der Waals surface area contributed by atoms with Crippen LogP contribution in [-0.4, -0.2) is 15.7 Å². The van der Waals surface area contributed by atoms with Crippen molar-refractivity contribution in [3.8, 4) is 0 Å². The lowest BCUT2D eigenvalue weighted by molar-refractivity contribution is 0.102. The summed E-state index contributed by atoms with van der Waals surface area (Å²) in [6.45, 7) is 4.07. The first-order valence-corrected chi connectivity index (χ1v) is 6.46. The van der Waals surface area contributed by atoms with Gasteiger partial charge < -0.3 is 5.32 Å². The van der Waals surface area contributed by atoms with E-state index < -0.39 is 0 Å². The van der Waals surface area contributed by atoms with Gasteiger partial charge in [0.25, 0.3) is 5.91 Å². The predicted octanol–water partition coefficient (Wildman–Crippen LogP) is 3.48. The average molecular weight is 308 g/mol. The maximum absolute atomic E-state index is 12.0. The van der Waals surface area contributed by atoms with E-state index in [9.17, 15) is 4.79 Å². The van der Waals surface area contributed by atoms with Crippen molar-refractivity contribution in [3.63, 3.8) is 0 Å². The molecule has 94 valence electrons. The Kier molecular flexibility index (Phi) is 3.81. The Morgan fingerprint density at radius 3 is 2.83 bits per heavy atom. The molecule has 0 saturated carbocycles. The molecule has 0 saturated heterocycles. The molecule has 0 aliphatic heterocycles. The zero-order valence-corrected chi connectivity index (χ0v) is 11.8. The zero-order chi connectivity index (χ0) is 13.1. The lowest BCUT2D eigenvalue weighted by atomic mass is 10.2. The standard InChI is InChI=1S/C13H14BrN3O/c1-9(2)17-8-12(7-15-17)16-13(18)10-4-3-5-11(14)6-10/h3-9H,1-2H3,(H,16,18). The molecule has 1 heterocycles. The van der Waals surface area contributed by atoms with Crippen LogP contribution < -0.4 is 5.32 Å². The Morgan fingerprint density at radius 2 is 2.22 bits per heavy atom. The van der Waals surface area contributed by atoms with Crippen LogP contribution in [0.1, 0.15) is 30.2 Å². The number of halogens is 1. The van der Waals surface area contributed by atoms with Gasteiger partial charge in [-0.15, -0.1) is 0 Å². The number of carbonyl (C=O) groups is 1. The number of aromatic nitrogens is 2. The Bertz CT molecular complexity index is 563. The molecule has 1 amide bonds. The van der Waals surface area contributed by atoms with Gasteiger partial charge in [-0.3, -0.25) is 9.48 Å². The first kappa shape index (κ1) is 12.8. The number of nitrogens with zero attached hydrogens (tertiary/aromatic N) is 2.